The van der Waals surface area contributed by atoms with E-state index in [0.29, 0.717) is 11.5 Å². The molecule has 3 nitrogen and oxygen atoms in total. The maximum Gasteiger partial charge on any atom is 0.130 e. The van der Waals surface area contributed by atoms with Crippen molar-refractivity contribution in [1.29, 1.82) is 0 Å². The smallest absolute Gasteiger partial charge is 0.130 e. The predicted octanol–water partition coefficient (Wildman–Crippen LogP) is 2.57. The van der Waals surface area contributed by atoms with Crippen LogP contribution in [0.5, 0.6) is 11.5 Å². The Morgan fingerprint density at radius 2 is 1.59 bits per heavy atom. The van der Waals surface area contributed by atoms with E-state index >= 15 is 0 Å². The number of methoxy groups -OCH3 is 2. The van der Waals surface area contributed by atoms with E-state index in [2.05, 4.69) is 0 Å². The Labute approximate surface area is 101 Å². The van der Waals surface area contributed by atoms with E-state index in [9.17, 15) is 4.39 Å². The van der Waals surface area contributed by atoms with Crippen molar-refractivity contribution in [3.63, 3.8) is 0 Å². The Balaban J connectivity index is 2.57. The Kier molecular flexibility index (Phi) is 3.24. The summed E-state index contributed by atoms with van der Waals surface area (Å²) >= 11 is 0. The van der Waals surface area contributed by atoms with Crippen molar-refractivity contribution in [2.24, 2.45) is 5.73 Å². The van der Waals surface area contributed by atoms with E-state index in [1.54, 1.807) is 0 Å². The molecule has 4 heteroatoms. The summed E-state index contributed by atoms with van der Waals surface area (Å²) < 4.78 is 23.9. The van der Waals surface area contributed by atoms with Crippen LogP contribution >= 0.6 is 0 Å². The molecule has 0 bridgehead atoms. The fraction of sp³-hybridized carbons (Fsp3) is 0.538. The molecule has 1 aromatic carbocycles. The third kappa shape index (κ3) is 2.09. The van der Waals surface area contributed by atoms with Gasteiger partial charge in [-0.1, -0.05) is 12.8 Å². The van der Waals surface area contributed by atoms with Crippen molar-refractivity contribution in [3.8, 4) is 11.5 Å². The van der Waals surface area contributed by atoms with Crippen molar-refractivity contribution in [3.05, 3.63) is 23.5 Å². The van der Waals surface area contributed by atoms with Crippen molar-refractivity contribution in [2.45, 2.75) is 31.2 Å². The van der Waals surface area contributed by atoms with E-state index in [4.69, 9.17) is 15.2 Å². The zero-order valence-electron chi connectivity index (χ0n) is 10.3. The molecule has 0 atom stereocenters. The first-order chi connectivity index (χ1) is 8.10. The number of hydrogen-bond acceptors (Lipinski definition) is 3. The highest BCUT2D eigenvalue weighted by molar-refractivity contribution is 5.50. The van der Waals surface area contributed by atoms with Crippen LogP contribution < -0.4 is 15.2 Å². The minimum atomic E-state index is -0.454. The number of benzene rings is 1. The normalized spacial score (nSPS) is 18.1. The summed E-state index contributed by atoms with van der Waals surface area (Å²) in [6.07, 6.45) is 3.93. The second-order valence-electron chi connectivity index (χ2n) is 4.55. The van der Waals surface area contributed by atoms with Gasteiger partial charge in [-0.2, -0.15) is 0 Å². The fourth-order valence-electron chi connectivity index (χ4n) is 2.63. The number of nitrogens with two attached hydrogens (primary N) is 1. The third-order valence-corrected chi connectivity index (χ3v) is 3.46. The molecule has 0 unspecified atom stereocenters. The summed E-state index contributed by atoms with van der Waals surface area (Å²) in [6.45, 7) is 0. The van der Waals surface area contributed by atoms with Gasteiger partial charge >= 0.3 is 0 Å². The Morgan fingerprint density at radius 1 is 1.12 bits per heavy atom. The maximum atomic E-state index is 13.4. The average molecular weight is 239 g/mol. The van der Waals surface area contributed by atoms with Crippen LogP contribution in [0.4, 0.5) is 4.39 Å². The second kappa shape index (κ2) is 4.53. The molecule has 0 radical (unpaired) electrons. The lowest BCUT2D eigenvalue weighted by atomic mass is 9.87. The highest BCUT2D eigenvalue weighted by atomic mass is 19.1. The maximum absolute atomic E-state index is 13.4. The Bertz CT molecular complexity index is 389. The molecule has 0 amide bonds. The molecule has 2 rings (SSSR count). The van der Waals surface area contributed by atoms with Gasteiger partial charge in [-0.15, -0.1) is 0 Å². The van der Waals surface area contributed by atoms with E-state index in [0.717, 1.165) is 31.2 Å². The van der Waals surface area contributed by atoms with E-state index < -0.39 is 5.54 Å². The van der Waals surface area contributed by atoms with Crippen LogP contribution in [0.25, 0.3) is 0 Å². The molecular formula is C13H18FNO2. The molecule has 0 aliphatic heterocycles. The molecule has 0 aromatic heterocycles. The van der Waals surface area contributed by atoms with Gasteiger partial charge in [-0.05, 0) is 12.8 Å². The van der Waals surface area contributed by atoms with Crippen LogP contribution in [-0.4, -0.2) is 14.2 Å². The SMILES string of the molecule is COc1cc(F)cc(OC)c1C1(N)CCCC1. The monoisotopic (exact) mass is 239 g/mol. The molecule has 1 aromatic rings. The van der Waals surface area contributed by atoms with Gasteiger partial charge in [-0.25, -0.2) is 4.39 Å². The van der Waals surface area contributed by atoms with Crippen LogP contribution in [0, 0.1) is 5.82 Å². The predicted molar refractivity (Wildman–Crippen MR) is 63.8 cm³/mol. The first kappa shape index (κ1) is 12.2. The number of rotatable bonds is 3. The first-order valence-electron chi connectivity index (χ1n) is 5.81. The zero-order chi connectivity index (χ0) is 12.5. The van der Waals surface area contributed by atoms with Crippen molar-refractivity contribution < 1.29 is 13.9 Å². The molecule has 17 heavy (non-hydrogen) atoms. The highest BCUT2D eigenvalue weighted by Crippen LogP contribution is 2.45. The fourth-order valence-corrected chi connectivity index (χ4v) is 2.63. The van der Waals surface area contributed by atoms with Gasteiger partial charge in [0.1, 0.15) is 17.3 Å². The van der Waals surface area contributed by atoms with Gasteiger partial charge in [-0.3, -0.25) is 0 Å². The van der Waals surface area contributed by atoms with Gasteiger partial charge in [0.05, 0.1) is 19.8 Å². The minimum Gasteiger partial charge on any atom is -0.496 e. The molecule has 1 saturated carbocycles. The number of ether oxygens (including phenoxy) is 2. The van der Waals surface area contributed by atoms with E-state index in [-0.39, 0.29) is 5.82 Å². The molecule has 1 aliphatic rings. The van der Waals surface area contributed by atoms with Crippen LogP contribution in [0.2, 0.25) is 0 Å². The van der Waals surface area contributed by atoms with Gasteiger partial charge in [0, 0.05) is 17.7 Å². The number of halogens is 1. The van der Waals surface area contributed by atoms with Gasteiger partial charge in [0.25, 0.3) is 0 Å². The number of hydrogen-bond donors (Lipinski definition) is 1. The molecule has 94 valence electrons. The van der Waals surface area contributed by atoms with Crippen molar-refractivity contribution in [1.82, 2.24) is 0 Å². The van der Waals surface area contributed by atoms with E-state index in [1.165, 1.54) is 26.4 Å². The van der Waals surface area contributed by atoms with Crippen molar-refractivity contribution >= 4 is 0 Å². The first-order valence-corrected chi connectivity index (χ1v) is 5.81. The van der Waals surface area contributed by atoms with Gasteiger partial charge in [0.15, 0.2) is 0 Å². The van der Waals surface area contributed by atoms with Crippen LogP contribution in [0.3, 0.4) is 0 Å². The molecule has 0 heterocycles. The topological polar surface area (TPSA) is 44.5 Å². The highest BCUT2D eigenvalue weighted by Gasteiger charge is 2.36. The van der Waals surface area contributed by atoms with Crippen LogP contribution in [0.1, 0.15) is 31.2 Å². The lowest BCUT2D eigenvalue weighted by Gasteiger charge is -2.28. The summed E-state index contributed by atoms with van der Waals surface area (Å²) in [6, 6.07) is 2.73. The lowest BCUT2D eigenvalue weighted by Crippen LogP contribution is -2.34. The summed E-state index contributed by atoms with van der Waals surface area (Å²) in [5.41, 5.74) is 6.74. The van der Waals surface area contributed by atoms with Crippen LogP contribution in [-0.2, 0) is 5.54 Å². The summed E-state index contributed by atoms with van der Waals surface area (Å²) in [7, 11) is 3.05. The molecule has 0 saturated heterocycles. The minimum absolute atomic E-state index is 0.371. The molecule has 2 N–H and O–H groups in total. The molecular weight excluding hydrogens is 221 g/mol. The summed E-state index contributed by atoms with van der Waals surface area (Å²) in [4.78, 5) is 0. The zero-order valence-corrected chi connectivity index (χ0v) is 10.3. The summed E-state index contributed by atoms with van der Waals surface area (Å²) in [5, 5.41) is 0. The third-order valence-electron chi connectivity index (χ3n) is 3.46. The summed E-state index contributed by atoms with van der Waals surface area (Å²) in [5.74, 6) is 0.585. The van der Waals surface area contributed by atoms with Crippen LogP contribution in [0.15, 0.2) is 12.1 Å². The van der Waals surface area contributed by atoms with E-state index in [1.807, 2.05) is 0 Å². The largest absolute Gasteiger partial charge is 0.496 e. The second-order valence-corrected chi connectivity index (χ2v) is 4.55. The van der Waals surface area contributed by atoms with Crippen molar-refractivity contribution in [2.75, 3.05) is 14.2 Å². The Morgan fingerprint density at radius 3 is 2.00 bits per heavy atom. The quantitative estimate of drug-likeness (QED) is 0.881. The molecule has 1 fully saturated rings. The Hall–Kier alpha value is -1.29. The van der Waals surface area contributed by atoms with Gasteiger partial charge < -0.3 is 15.2 Å². The molecule has 1 aliphatic carbocycles. The molecule has 0 spiro atoms. The van der Waals surface area contributed by atoms with Gasteiger partial charge in [0.2, 0.25) is 0 Å². The lowest BCUT2D eigenvalue weighted by molar-refractivity contribution is 0.344. The average Bonchev–Trinajstić information content (AvgIpc) is 2.75. The standard InChI is InChI=1S/C13H18FNO2/c1-16-10-7-9(14)8-11(17-2)12(10)13(15)5-3-4-6-13/h7-8H,3-6,15H2,1-2H3.